The van der Waals surface area contributed by atoms with E-state index in [-0.39, 0.29) is 23.0 Å². The summed E-state index contributed by atoms with van der Waals surface area (Å²) in [5, 5.41) is 38.3. The molecule has 0 aliphatic carbocycles. The fourth-order valence-electron chi connectivity index (χ4n) is 2.11. The minimum Gasteiger partial charge on any atom is -0.508 e. The first-order chi connectivity index (χ1) is 9.54. The zero-order valence-electron chi connectivity index (χ0n) is 10.3. The van der Waals surface area contributed by atoms with Gasteiger partial charge in [0.15, 0.2) is 17.6 Å². The summed E-state index contributed by atoms with van der Waals surface area (Å²) < 4.78 is 5.63. The van der Waals surface area contributed by atoms with Crippen LogP contribution in [-0.2, 0) is 0 Å². The lowest BCUT2D eigenvalue weighted by molar-refractivity contribution is 0.174. The van der Waals surface area contributed by atoms with Crippen LogP contribution < -0.4 is 4.74 Å². The number of aliphatic hydroxyl groups is 1. The number of phenols is 3. The van der Waals surface area contributed by atoms with Crippen molar-refractivity contribution >= 4 is 6.08 Å². The van der Waals surface area contributed by atoms with Crippen molar-refractivity contribution in [2.75, 3.05) is 0 Å². The standard InChI is InChI=1S/C15H12O5/c16-10-3-1-8-5-13(19)15(20-14(8)7-10)9-2-4-11(17)12(18)6-9/h1-7,15-19H. The molecule has 3 rings (SSSR count). The number of hydrogen-bond acceptors (Lipinski definition) is 5. The summed E-state index contributed by atoms with van der Waals surface area (Å²) in [7, 11) is 0. The number of fused-ring (bicyclic) bond motifs is 1. The second-order valence-electron chi connectivity index (χ2n) is 4.54. The van der Waals surface area contributed by atoms with Crippen LogP contribution in [0.3, 0.4) is 0 Å². The Labute approximate surface area is 114 Å². The van der Waals surface area contributed by atoms with Crippen molar-refractivity contribution in [3.8, 4) is 23.0 Å². The smallest absolute Gasteiger partial charge is 0.180 e. The predicted molar refractivity (Wildman–Crippen MR) is 71.9 cm³/mol. The number of phenolic OH excluding ortho intramolecular Hbond substituents is 3. The van der Waals surface area contributed by atoms with E-state index in [1.165, 1.54) is 36.4 Å². The first-order valence-electron chi connectivity index (χ1n) is 5.97. The minimum absolute atomic E-state index is 0.0201. The molecule has 2 aromatic carbocycles. The highest BCUT2D eigenvalue weighted by atomic mass is 16.5. The average molecular weight is 272 g/mol. The van der Waals surface area contributed by atoms with Gasteiger partial charge in [0, 0.05) is 17.2 Å². The summed E-state index contributed by atoms with van der Waals surface area (Å²) in [6.45, 7) is 0. The van der Waals surface area contributed by atoms with E-state index >= 15 is 0 Å². The maximum absolute atomic E-state index is 10.0. The highest BCUT2D eigenvalue weighted by Gasteiger charge is 2.25. The monoisotopic (exact) mass is 272 g/mol. The van der Waals surface area contributed by atoms with Gasteiger partial charge in [-0.05, 0) is 30.3 Å². The van der Waals surface area contributed by atoms with Gasteiger partial charge >= 0.3 is 0 Å². The fourth-order valence-corrected chi connectivity index (χ4v) is 2.11. The molecule has 5 heteroatoms. The van der Waals surface area contributed by atoms with Crippen molar-refractivity contribution in [2.24, 2.45) is 0 Å². The van der Waals surface area contributed by atoms with Crippen LogP contribution in [0.2, 0.25) is 0 Å². The maximum atomic E-state index is 10.0. The molecular formula is C15H12O5. The van der Waals surface area contributed by atoms with Gasteiger partial charge in [-0.2, -0.15) is 0 Å². The first kappa shape index (κ1) is 12.2. The van der Waals surface area contributed by atoms with Gasteiger partial charge in [-0.15, -0.1) is 0 Å². The Bertz CT molecular complexity index is 705. The summed E-state index contributed by atoms with van der Waals surface area (Å²) in [4.78, 5) is 0. The molecule has 5 nitrogen and oxygen atoms in total. The van der Waals surface area contributed by atoms with E-state index < -0.39 is 6.10 Å². The number of aliphatic hydroxyl groups excluding tert-OH is 1. The molecule has 0 amide bonds. The summed E-state index contributed by atoms with van der Waals surface area (Å²) in [6, 6.07) is 8.75. The van der Waals surface area contributed by atoms with Gasteiger partial charge in [0.1, 0.15) is 17.3 Å². The van der Waals surface area contributed by atoms with Gasteiger partial charge in [0.05, 0.1) is 0 Å². The van der Waals surface area contributed by atoms with Crippen LogP contribution in [0.4, 0.5) is 0 Å². The van der Waals surface area contributed by atoms with Crippen molar-refractivity contribution < 1.29 is 25.2 Å². The van der Waals surface area contributed by atoms with Crippen molar-refractivity contribution in [2.45, 2.75) is 6.10 Å². The van der Waals surface area contributed by atoms with E-state index in [0.717, 1.165) is 0 Å². The van der Waals surface area contributed by atoms with Gasteiger partial charge in [0.2, 0.25) is 0 Å². The SMILES string of the molecule is OC1=Cc2ccc(O)cc2OC1c1ccc(O)c(O)c1. The molecule has 1 aliphatic rings. The molecule has 4 N–H and O–H groups in total. The van der Waals surface area contributed by atoms with Crippen molar-refractivity contribution in [3.05, 3.63) is 53.3 Å². The van der Waals surface area contributed by atoms with Crippen LogP contribution in [0.5, 0.6) is 23.0 Å². The van der Waals surface area contributed by atoms with E-state index in [1.807, 2.05) is 0 Å². The van der Waals surface area contributed by atoms with E-state index in [4.69, 9.17) is 4.74 Å². The Morgan fingerprint density at radius 3 is 2.40 bits per heavy atom. The van der Waals surface area contributed by atoms with E-state index in [0.29, 0.717) is 16.9 Å². The Balaban J connectivity index is 2.02. The topological polar surface area (TPSA) is 90.2 Å². The summed E-state index contributed by atoms with van der Waals surface area (Å²) in [6.07, 6.45) is 0.739. The number of aromatic hydroxyl groups is 3. The third kappa shape index (κ3) is 1.99. The number of hydrogen-bond donors (Lipinski definition) is 4. The predicted octanol–water partition coefficient (Wildman–Crippen LogP) is 2.84. The zero-order valence-corrected chi connectivity index (χ0v) is 10.3. The molecule has 0 spiro atoms. The Morgan fingerprint density at radius 2 is 1.65 bits per heavy atom. The molecule has 0 radical (unpaired) electrons. The van der Waals surface area contributed by atoms with Crippen molar-refractivity contribution in [1.82, 2.24) is 0 Å². The quantitative estimate of drug-likeness (QED) is 0.599. The molecule has 0 saturated carbocycles. The fraction of sp³-hybridized carbons (Fsp3) is 0.0667. The van der Waals surface area contributed by atoms with Gasteiger partial charge in [-0.3, -0.25) is 0 Å². The molecule has 1 unspecified atom stereocenters. The molecular weight excluding hydrogens is 260 g/mol. The molecule has 2 aromatic rings. The number of ether oxygens (including phenoxy) is 1. The van der Waals surface area contributed by atoms with Crippen LogP contribution in [0.1, 0.15) is 17.2 Å². The van der Waals surface area contributed by atoms with Crippen LogP contribution in [-0.4, -0.2) is 20.4 Å². The lowest BCUT2D eigenvalue weighted by Crippen LogP contribution is -2.14. The third-order valence-corrected chi connectivity index (χ3v) is 3.12. The molecule has 1 aliphatic heterocycles. The minimum atomic E-state index is -0.796. The molecule has 1 atom stereocenters. The Morgan fingerprint density at radius 1 is 0.850 bits per heavy atom. The van der Waals surface area contributed by atoms with Crippen LogP contribution >= 0.6 is 0 Å². The van der Waals surface area contributed by atoms with Crippen LogP contribution in [0.25, 0.3) is 6.08 Å². The Hall–Kier alpha value is -2.82. The summed E-state index contributed by atoms with van der Waals surface area (Å²) in [5.74, 6) is -0.0637. The molecule has 0 bridgehead atoms. The van der Waals surface area contributed by atoms with Gasteiger partial charge in [0.25, 0.3) is 0 Å². The molecule has 20 heavy (non-hydrogen) atoms. The largest absolute Gasteiger partial charge is 0.508 e. The highest BCUT2D eigenvalue weighted by Crippen LogP contribution is 2.39. The van der Waals surface area contributed by atoms with Gasteiger partial charge < -0.3 is 25.2 Å². The second-order valence-corrected chi connectivity index (χ2v) is 4.54. The van der Waals surface area contributed by atoms with Crippen molar-refractivity contribution in [3.63, 3.8) is 0 Å². The summed E-state index contributed by atoms with van der Waals surface area (Å²) >= 11 is 0. The molecule has 0 saturated heterocycles. The maximum Gasteiger partial charge on any atom is 0.180 e. The van der Waals surface area contributed by atoms with E-state index in [1.54, 1.807) is 6.07 Å². The van der Waals surface area contributed by atoms with Crippen LogP contribution in [0.15, 0.2) is 42.2 Å². The van der Waals surface area contributed by atoms with Gasteiger partial charge in [-0.25, -0.2) is 0 Å². The van der Waals surface area contributed by atoms with Gasteiger partial charge in [-0.1, -0.05) is 6.07 Å². The van der Waals surface area contributed by atoms with Crippen LogP contribution in [0, 0.1) is 0 Å². The number of benzene rings is 2. The van der Waals surface area contributed by atoms with E-state index in [2.05, 4.69) is 0 Å². The lowest BCUT2D eigenvalue weighted by Gasteiger charge is -2.24. The second kappa shape index (κ2) is 4.38. The summed E-state index contributed by atoms with van der Waals surface area (Å²) in [5.41, 5.74) is 1.14. The average Bonchev–Trinajstić information content (AvgIpc) is 2.42. The lowest BCUT2D eigenvalue weighted by atomic mass is 10.0. The number of rotatable bonds is 1. The first-order valence-corrected chi connectivity index (χ1v) is 5.97. The zero-order chi connectivity index (χ0) is 14.3. The third-order valence-electron chi connectivity index (χ3n) is 3.12. The normalized spacial score (nSPS) is 17.0. The molecule has 102 valence electrons. The van der Waals surface area contributed by atoms with Crippen molar-refractivity contribution in [1.29, 1.82) is 0 Å². The molecule has 0 fully saturated rings. The Kier molecular flexibility index (Phi) is 2.68. The highest BCUT2D eigenvalue weighted by molar-refractivity contribution is 5.64. The molecule has 1 heterocycles. The van der Waals surface area contributed by atoms with E-state index in [9.17, 15) is 20.4 Å². The molecule has 0 aromatic heterocycles.